The molecule has 1 fully saturated rings. The Morgan fingerprint density at radius 1 is 1.27 bits per heavy atom. The zero-order chi connectivity index (χ0) is 15.7. The van der Waals surface area contributed by atoms with E-state index < -0.39 is 0 Å². The van der Waals surface area contributed by atoms with Gasteiger partial charge < -0.3 is 9.64 Å². The monoisotopic (exact) mass is 303 g/mol. The van der Waals surface area contributed by atoms with Gasteiger partial charge in [-0.15, -0.1) is 0 Å². The van der Waals surface area contributed by atoms with Crippen molar-refractivity contribution in [1.29, 1.82) is 0 Å². The van der Waals surface area contributed by atoms with E-state index in [1.165, 1.54) is 0 Å². The van der Waals surface area contributed by atoms with Crippen LogP contribution in [0.25, 0.3) is 11.0 Å². The molecule has 1 saturated heterocycles. The maximum absolute atomic E-state index is 5.96. The van der Waals surface area contributed by atoms with E-state index in [0.29, 0.717) is 6.10 Å². The van der Waals surface area contributed by atoms with Gasteiger partial charge in [-0.1, -0.05) is 6.92 Å². The van der Waals surface area contributed by atoms with Crippen LogP contribution in [0.15, 0.2) is 0 Å². The number of hydrogen-bond acceptors (Lipinski definition) is 5. The molecule has 2 aromatic rings. The number of aromatic nitrogens is 4. The number of rotatable bonds is 4. The Bertz CT molecular complexity index is 666. The molecule has 6 heteroatoms. The first-order chi connectivity index (χ1) is 10.6. The van der Waals surface area contributed by atoms with Crippen molar-refractivity contribution in [3.8, 4) is 0 Å². The summed E-state index contributed by atoms with van der Waals surface area (Å²) in [7, 11) is 1.94. The molecule has 22 heavy (non-hydrogen) atoms. The van der Waals surface area contributed by atoms with Gasteiger partial charge in [0.1, 0.15) is 11.6 Å². The Kier molecular flexibility index (Phi) is 4.29. The SMILES string of the molecule is CCCO[C@H]1CCCN(c2nc(C)nc3c2c(C)nn3C)C1. The Morgan fingerprint density at radius 3 is 2.86 bits per heavy atom. The van der Waals surface area contributed by atoms with Crippen LogP contribution in [0, 0.1) is 13.8 Å². The smallest absolute Gasteiger partial charge is 0.163 e. The van der Waals surface area contributed by atoms with E-state index in [-0.39, 0.29) is 0 Å². The Balaban J connectivity index is 1.95. The average Bonchev–Trinajstić information content (AvgIpc) is 2.79. The standard InChI is InChI=1S/C16H25N5O/c1-5-9-22-13-7-6-8-21(10-13)16-14-11(2)19-20(4)15(14)17-12(3)18-16/h13H,5-10H2,1-4H3/t13-/m0/s1. The predicted octanol–water partition coefficient (Wildman–Crippen LogP) is 2.38. The minimum absolute atomic E-state index is 0.302. The van der Waals surface area contributed by atoms with Crippen molar-refractivity contribution in [3.63, 3.8) is 0 Å². The third-order valence-corrected chi connectivity index (χ3v) is 4.19. The summed E-state index contributed by atoms with van der Waals surface area (Å²) in [6, 6.07) is 0. The second-order valence-electron chi connectivity index (χ2n) is 6.08. The highest BCUT2D eigenvalue weighted by molar-refractivity contribution is 5.90. The lowest BCUT2D eigenvalue weighted by molar-refractivity contribution is 0.0439. The molecule has 120 valence electrons. The fraction of sp³-hybridized carbons (Fsp3) is 0.688. The minimum Gasteiger partial charge on any atom is -0.376 e. The number of fused-ring (bicyclic) bond motifs is 1. The predicted molar refractivity (Wildman–Crippen MR) is 87.3 cm³/mol. The lowest BCUT2D eigenvalue weighted by atomic mass is 10.1. The average molecular weight is 303 g/mol. The van der Waals surface area contributed by atoms with Crippen LogP contribution in [0.3, 0.4) is 0 Å². The van der Waals surface area contributed by atoms with E-state index in [9.17, 15) is 0 Å². The first kappa shape index (κ1) is 15.2. The van der Waals surface area contributed by atoms with Gasteiger partial charge in [0.15, 0.2) is 5.65 Å². The summed E-state index contributed by atoms with van der Waals surface area (Å²) in [5, 5.41) is 5.59. The van der Waals surface area contributed by atoms with Crippen molar-refractivity contribution in [3.05, 3.63) is 11.5 Å². The van der Waals surface area contributed by atoms with Gasteiger partial charge >= 0.3 is 0 Å². The van der Waals surface area contributed by atoms with Gasteiger partial charge in [0.05, 0.1) is 17.2 Å². The highest BCUT2D eigenvalue weighted by Crippen LogP contribution is 2.29. The highest BCUT2D eigenvalue weighted by Gasteiger charge is 2.25. The van der Waals surface area contributed by atoms with E-state index >= 15 is 0 Å². The Labute approximate surface area is 131 Å². The number of nitrogens with zero attached hydrogens (tertiary/aromatic N) is 5. The van der Waals surface area contributed by atoms with Crippen molar-refractivity contribution in [2.24, 2.45) is 7.05 Å². The third-order valence-electron chi connectivity index (χ3n) is 4.19. The second kappa shape index (κ2) is 6.20. The molecular formula is C16H25N5O. The van der Waals surface area contributed by atoms with Gasteiger partial charge in [-0.25, -0.2) is 9.97 Å². The summed E-state index contributed by atoms with van der Waals surface area (Å²) in [6.07, 6.45) is 3.64. The molecule has 0 N–H and O–H groups in total. The van der Waals surface area contributed by atoms with E-state index in [2.05, 4.69) is 21.9 Å². The van der Waals surface area contributed by atoms with Crippen LogP contribution in [-0.4, -0.2) is 45.5 Å². The van der Waals surface area contributed by atoms with Crippen LogP contribution in [-0.2, 0) is 11.8 Å². The summed E-state index contributed by atoms with van der Waals surface area (Å²) in [5.74, 6) is 1.81. The lowest BCUT2D eigenvalue weighted by Crippen LogP contribution is -2.40. The number of anilines is 1. The molecule has 3 heterocycles. The molecule has 6 nitrogen and oxygen atoms in total. The first-order valence-electron chi connectivity index (χ1n) is 8.14. The Hall–Kier alpha value is -1.69. The largest absolute Gasteiger partial charge is 0.376 e. The van der Waals surface area contributed by atoms with Crippen LogP contribution < -0.4 is 4.90 Å². The van der Waals surface area contributed by atoms with Gasteiger partial charge in [0, 0.05) is 26.7 Å². The van der Waals surface area contributed by atoms with E-state index in [1.807, 2.05) is 25.6 Å². The molecular weight excluding hydrogens is 278 g/mol. The fourth-order valence-electron chi connectivity index (χ4n) is 3.20. The summed E-state index contributed by atoms with van der Waals surface area (Å²) in [5.41, 5.74) is 1.90. The molecule has 0 aliphatic carbocycles. The molecule has 0 bridgehead atoms. The zero-order valence-electron chi connectivity index (χ0n) is 14.0. The summed E-state index contributed by atoms with van der Waals surface area (Å²) < 4.78 is 7.80. The zero-order valence-corrected chi connectivity index (χ0v) is 14.0. The summed E-state index contributed by atoms with van der Waals surface area (Å²) in [4.78, 5) is 11.6. The van der Waals surface area contributed by atoms with E-state index in [1.54, 1.807) is 0 Å². The van der Waals surface area contributed by atoms with Gasteiger partial charge in [-0.2, -0.15) is 5.10 Å². The number of aryl methyl sites for hydroxylation is 3. The quantitative estimate of drug-likeness (QED) is 0.868. The van der Waals surface area contributed by atoms with Crippen LogP contribution in [0.1, 0.15) is 37.7 Å². The maximum atomic E-state index is 5.96. The van der Waals surface area contributed by atoms with Crippen molar-refractivity contribution < 1.29 is 4.74 Å². The molecule has 1 atom stereocenters. The number of hydrogen-bond donors (Lipinski definition) is 0. The summed E-state index contributed by atoms with van der Waals surface area (Å²) >= 11 is 0. The van der Waals surface area contributed by atoms with Crippen molar-refractivity contribution in [2.45, 2.75) is 46.1 Å². The van der Waals surface area contributed by atoms with Crippen LogP contribution >= 0.6 is 0 Å². The normalized spacial score (nSPS) is 19.1. The van der Waals surface area contributed by atoms with Crippen LogP contribution in [0.4, 0.5) is 5.82 Å². The lowest BCUT2D eigenvalue weighted by Gasteiger charge is -2.33. The summed E-state index contributed by atoms with van der Waals surface area (Å²) in [6.45, 7) is 8.88. The molecule has 0 saturated carbocycles. The third kappa shape index (κ3) is 2.79. The number of ether oxygens (including phenoxy) is 1. The molecule has 0 unspecified atom stereocenters. The Morgan fingerprint density at radius 2 is 2.09 bits per heavy atom. The van der Waals surface area contributed by atoms with Gasteiger partial charge in [0.2, 0.25) is 0 Å². The van der Waals surface area contributed by atoms with E-state index in [4.69, 9.17) is 9.72 Å². The fourth-order valence-corrected chi connectivity index (χ4v) is 3.20. The molecule has 3 rings (SSSR count). The topological polar surface area (TPSA) is 56.1 Å². The highest BCUT2D eigenvalue weighted by atomic mass is 16.5. The minimum atomic E-state index is 0.302. The van der Waals surface area contributed by atoms with Crippen molar-refractivity contribution in [1.82, 2.24) is 19.7 Å². The van der Waals surface area contributed by atoms with Crippen molar-refractivity contribution in [2.75, 3.05) is 24.6 Å². The van der Waals surface area contributed by atoms with Gasteiger partial charge in [-0.3, -0.25) is 4.68 Å². The molecule has 0 aromatic carbocycles. The molecule has 1 aliphatic heterocycles. The van der Waals surface area contributed by atoms with Gasteiger partial charge in [-0.05, 0) is 33.1 Å². The first-order valence-corrected chi connectivity index (χ1v) is 8.14. The molecule has 0 radical (unpaired) electrons. The van der Waals surface area contributed by atoms with Crippen LogP contribution in [0.2, 0.25) is 0 Å². The molecule has 1 aliphatic rings. The second-order valence-corrected chi connectivity index (χ2v) is 6.08. The van der Waals surface area contributed by atoms with Crippen molar-refractivity contribution >= 4 is 16.9 Å². The van der Waals surface area contributed by atoms with E-state index in [0.717, 1.165) is 67.3 Å². The maximum Gasteiger partial charge on any atom is 0.163 e. The van der Waals surface area contributed by atoms with Gasteiger partial charge in [0.25, 0.3) is 0 Å². The molecule has 2 aromatic heterocycles. The number of piperidine rings is 1. The van der Waals surface area contributed by atoms with Crippen LogP contribution in [0.5, 0.6) is 0 Å². The molecule has 0 spiro atoms. The molecule has 0 amide bonds.